The Morgan fingerprint density at radius 1 is 1.11 bits per heavy atom. The van der Waals surface area contributed by atoms with Gasteiger partial charge in [0, 0.05) is 11.5 Å². The fourth-order valence-electron chi connectivity index (χ4n) is 2.43. The van der Waals surface area contributed by atoms with Crippen LogP contribution in [0.15, 0.2) is 0 Å². The van der Waals surface area contributed by atoms with Crippen molar-refractivity contribution < 1.29 is 14.7 Å². The summed E-state index contributed by atoms with van der Waals surface area (Å²) < 4.78 is 0. The summed E-state index contributed by atoms with van der Waals surface area (Å²) >= 11 is 0. The van der Waals surface area contributed by atoms with Crippen LogP contribution in [0.4, 0.5) is 0 Å². The van der Waals surface area contributed by atoms with Crippen LogP contribution < -0.4 is 5.32 Å². The van der Waals surface area contributed by atoms with E-state index >= 15 is 0 Å². The third-order valence-corrected chi connectivity index (χ3v) is 4.43. The minimum atomic E-state index is -0.721. The van der Waals surface area contributed by atoms with Crippen LogP contribution >= 0.6 is 0 Å². The van der Waals surface area contributed by atoms with Crippen molar-refractivity contribution in [2.45, 2.75) is 64.8 Å². The lowest BCUT2D eigenvalue weighted by Gasteiger charge is -2.32. The largest absolute Gasteiger partial charge is 0.481 e. The topological polar surface area (TPSA) is 66.4 Å². The predicted molar refractivity (Wildman–Crippen MR) is 70.2 cm³/mol. The fraction of sp³-hybridized carbons (Fsp3) is 0.857. The van der Waals surface area contributed by atoms with Crippen molar-refractivity contribution >= 4 is 11.9 Å². The lowest BCUT2D eigenvalue weighted by atomic mass is 9.81. The molecule has 104 valence electrons. The molecule has 0 aromatic carbocycles. The van der Waals surface area contributed by atoms with Gasteiger partial charge in [-0.2, -0.15) is 0 Å². The number of carboxylic acids is 1. The molecule has 0 heterocycles. The molecule has 4 heteroatoms. The first kappa shape index (κ1) is 15.0. The van der Waals surface area contributed by atoms with Gasteiger partial charge in [0.2, 0.25) is 5.91 Å². The van der Waals surface area contributed by atoms with Crippen LogP contribution in [0.5, 0.6) is 0 Å². The molecule has 1 aliphatic rings. The summed E-state index contributed by atoms with van der Waals surface area (Å²) in [6, 6.07) is 0. The molecule has 0 bridgehead atoms. The van der Waals surface area contributed by atoms with Crippen LogP contribution in [0, 0.1) is 11.8 Å². The summed E-state index contributed by atoms with van der Waals surface area (Å²) in [7, 11) is 0. The lowest BCUT2D eigenvalue weighted by molar-refractivity contribution is -0.144. The molecule has 1 aliphatic carbocycles. The van der Waals surface area contributed by atoms with Gasteiger partial charge in [-0.1, -0.05) is 13.8 Å². The van der Waals surface area contributed by atoms with E-state index in [9.17, 15) is 9.59 Å². The molecule has 18 heavy (non-hydrogen) atoms. The van der Waals surface area contributed by atoms with Gasteiger partial charge in [-0.15, -0.1) is 0 Å². The smallest absolute Gasteiger partial charge is 0.306 e. The molecule has 0 saturated heterocycles. The number of nitrogens with one attached hydrogen (secondary N) is 1. The highest BCUT2D eigenvalue weighted by molar-refractivity contribution is 5.80. The lowest BCUT2D eigenvalue weighted by Crippen LogP contribution is -2.48. The second kappa shape index (κ2) is 6.21. The minimum absolute atomic E-state index is 0.00183. The molecule has 0 spiro atoms. The highest BCUT2D eigenvalue weighted by Crippen LogP contribution is 2.29. The van der Waals surface area contributed by atoms with Crippen LogP contribution in [0.3, 0.4) is 0 Å². The predicted octanol–water partition coefficient (Wildman–Crippen LogP) is 2.57. The summed E-state index contributed by atoms with van der Waals surface area (Å²) in [4.78, 5) is 23.0. The highest BCUT2D eigenvalue weighted by atomic mass is 16.4. The van der Waals surface area contributed by atoms with Gasteiger partial charge in [0.1, 0.15) is 0 Å². The number of carboxylic acid groups (broad SMARTS) is 1. The maximum absolute atomic E-state index is 12.1. The summed E-state index contributed by atoms with van der Waals surface area (Å²) in [6.45, 7) is 6.21. The minimum Gasteiger partial charge on any atom is -0.481 e. The van der Waals surface area contributed by atoms with E-state index in [1.165, 1.54) is 0 Å². The second-order valence-corrected chi connectivity index (χ2v) is 5.64. The quantitative estimate of drug-likeness (QED) is 0.793. The first-order valence-corrected chi connectivity index (χ1v) is 6.96. The standard InChI is InChI=1S/C14H25NO3/c1-4-14(3,5-2)15-12(16)10-6-8-11(9-7-10)13(17)18/h10-11H,4-9H2,1-3H3,(H,15,16)(H,17,18). The number of hydrogen-bond donors (Lipinski definition) is 2. The maximum atomic E-state index is 12.1. The Balaban J connectivity index is 2.48. The van der Waals surface area contributed by atoms with E-state index < -0.39 is 5.97 Å². The van der Waals surface area contributed by atoms with Crippen molar-refractivity contribution in [3.63, 3.8) is 0 Å². The Labute approximate surface area is 109 Å². The van der Waals surface area contributed by atoms with Gasteiger partial charge in [0.05, 0.1) is 5.92 Å². The number of aliphatic carboxylic acids is 1. The van der Waals surface area contributed by atoms with Crippen LogP contribution in [-0.2, 0) is 9.59 Å². The Morgan fingerprint density at radius 3 is 1.94 bits per heavy atom. The van der Waals surface area contributed by atoms with Crippen LogP contribution in [0.25, 0.3) is 0 Å². The molecule has 0 atom stereocenters. The molecule has 0 aromatic heterocycles. The molecule has 2 N–H and O–H groups in total. The molecule has 0 aliphatic heterocycles. The number of carbonyl (C=O) groups excluding carboxylic acids is 1. The average Bonchev–Trinajstić information content (AvgIpc) is 2.38. The second-order valence-electron chi connectivity index (χ2n) is 5.64. The van der Waals surface area contributed by atoms with Crippen LogP contribution in [-0.4, -0.2) is 22.5 Å². The number of carbonyl (C=O) groups is 2. The van der Waals surface area contributed by atoms with Crippen LogP contribution in [0.1, 0.15) is 59.3 Å². The Hall–Kier alpha value is -1.06. The Kier molecular flexibility index (Phi) is 5.17. The van der Waals surface area contributed by atoms with Crippen molar-refractivity contribution in [2.75, 3.05) is 0 Å². The average molecular weight is 255 g/mol. The zero-order chi connectivity index (χ0) is 13.8. The third-order valence-electron chi connectivity index (χ3n) is 4.43. The molecule has 0 unspecified atom stereocenters. The molecule has 1 rings (SSSR count). The Morgan fingerprint density at radius 2 is 1.56 bits per heavy atom. The van der Waals surface area contributed by atoms with Gasteiger partial charge in [0.25, 0.3) is 0 Å². The maximum Gasteiger partial charge on any atom is 0.306 e. The summed E-state index contributed by atoms with van der Waals surface area (Å²) in [6.07, 6.45) is 4.49. The first-order valence-electron chi connectivity index (χ1n) is 6.96. The summed E-state index contributed by atoms with van der Waals surface area (Å²) in [5, 5.41) is 12.0. The van der Waals surface area contributed by atoms with Crippen molar-refractivity contribution in [3.05, 3.63) is 0 Å². The van der Waals surface area contributed by atoms with Gasteiger partial charge >= 0.3 is 5.97 Å². The molecular formula is C14H25NO3. The van der Waals surface area contributed by atoms with E-state index in [4.69, 9.17) is 5.11 Å². The molecule has 4 nitrogen and oxygen atoms in total. The zero-order valence-electron chi connectivity index (χ0n) is 11.7. The molecule has 0 radical (unpaired) electrons. The van der Waals surface area contributed by atoms with Gasteiger partial charge in [-0.25, -0.2) is 0 Å². The molecule has 1 fully saturated rings. The van der Waals surface area contributed by atoms with Crippen molar-refractivity contribution in [3.8, 4) is 0 Å². The van der Waals surface area contributed by atoms with E-state index in [0.717, 1.165) is 12.8 Å². The first-order chi connectivity index (χ1) is 8.41. The molecule has 0 aromatic rings. The van der Waals surface area contributed by atoms with Crippen LogP contribution in [0.2, 0.25) is 0 Å². The third kappa shape index (κ3) is 3.72. The van der Waals surface area contributed by atoms with Gasteiger partial charge in [0.15, 0.2) is 0 Å². The monoisotopic (exact) mass is 255 g/mol. The number of rotatable bonds is 5. The van der Waals surface area contributed by atoms with Crippen molar-refractivity contribution in [1.29, 1.82) is 0 Å². The van der Waals surface area contributed by atoms with Gasteiger partial charge in [-0.05, 0) is 45.4 Å². The van der Waals surface area contributed by atoms with Gasteiger partial charge in [-0.3, -0.25) is 9.59 Å². The summed E-state index contributed by atoms with van der Waals surface area (Å²) in [5.74, 6) is -0.873. The van der Waals surface area contributed by atoms with Crippen molar-refractivity contribution in [2.24, 2.45) is 11.8 Å². The number of amides is 1. The highest BCUT2D eigenvalue weighted by Gasteiger charge is 2.32. The molecular weight excluding hydrogens is 230 g/mol. The van der Waals surface area contributed by atoms with E-state index in [-0.39, 0.29) is 23.3 Å². The normalized spacial score (nSPS) is 24.6. The van der Waals surface area contributed by atoms with Gasteiger partial charge < -0.3 is 10.4 Å². The Bertz CT molecular complexity index is 302. The summed E-state index contributed by atoms with van der Waals surface area (Å²) in [5.41, 5.74) is -0.124. The molecule has 1 amide bonds. The molecule has 1 saturated carbocycles. The van der Waals surface area contributed by atoms with E-state index in [1.807, 2.05) is 0 Å². The fourth-order valence-corrected chi connectivity index (χ4v) is 2.43. The van der Waals surface area contributed by atoms with E-state index in [1.54, 1.807) is 0 Å². The van der Waals surface area contributed by atoms with E-state index in [0.29, 0.717) is 25.7 Å². The van der Waals surface area contributed by atoms with Crippen molar-refractivity contribution in [1.82, 2.24) is 5.32 Å². The van der Waals surface area contributed by atoms with E-state index in [2.05, 4.69) is 26.1 Å². The zero-order valence-corrected chi connectivity index (χ0v) is 11.7. The number of hydrogen-bond acceptors (Lipinski definition) is 2. The SMILES string of the molecule is CCC(C)(CC)NC(=O)C1CCC(C(=O)O)CC1.